The average molecular weight is 390 g/mol. The SMILES string of the molecule is COCCS(=O)(=O)c1ccc(C(=O)N(c2cc(C)ccc2C)C(C)C)cc1. The van der Waals surface area contributed by atoms with Gasteiger partial charge in [0.05, 0.1) is 17.3 Å². The van der Waals surface area contributed by atoms with Gasteiger partial charge in [0, 0.05) is 24.4 Å². The number of nitrogens with zero attached hydrogens (tertiary/aromatic N) is 1. The zero-order chi connectivity index (χ0) is 20.2. The summed E-state index contributed by atoms with van der Waals surface area (Å²) in [5, 5.41) is 0. The number of anilines is 1. The molecule has 2 rings (SSSR count). The Labute approximate surface area is 161 Å². The van der Waals surface area contributed by atoms with Gasteiger partial charge in [-0.2, -0.15) is 0 Å². The van der Waals surface area contributed by atoms with Gasteiger partial charge in [0.1, 0.15) is 0 Å². The highest BCUT2D eigenvalue weighted by Gasteiger charge is 2.23. The summed E-state index contributed by atoms with van der Waals surface area (Å²) < 4.78 is 29.3. The van der Waals surface area contributed by atoms with Crippen LogP contribution in [0.1, 0.15) is 35.3 Å². The van der Waals surface area contributed by atoms with Crippen LogP contribution in [-0.2, 0) is 14.6 Å². The van der Waals surface area contributed by atoms with Crippen molar-refractivity contribution in [3.8, 4) is 0 Å². The number of hydrogen-bond acceptors (Lipinski definition) is 4. The molecule has 5 nitrogen and oxygen atoms in total. The maximum Gasteiger partial charge on any atom is 0.258 e. The molecule has 0 heterocycles. The normalized spacial score (nSPS) is 11.6. The minimum Gasteiger partial charge on any atom is -0.384 e. The van der Waals surface area contributed by atoms with Crippen LogP contribution in [0.25, 0.3) is 0 Å². The molecule has 0 saturated heterocycles. The fourth-order valence-corrected chi connectivity index (χ4v) is 4.03. The second-order valence-corrected chi connectivity index (χ2v) is 9.00. The lowest BCUT2D eigenvalue weighted by molar-refractivity contribution is 0.0980. The van der Waals surface area contributed by atoms with Crippen molar-refractivity contribution in [3.63, 3.8) is 0 Å². The number of amides is 1. The smallest absolute Gasteiger partial charge is 0.258 e. The molecule has 0 saturated carbocycles. The van der Waals surface area contributed by atoms with Gasteiger partial charge < -0.3 is 9.64 Å². The summed E-state index contributed by atoms with van der Waals surface area (Å²) in [5.41, 5.74) is 3.41. The number of benzene rings is 2. The number of methoxy groups -OCH3 is 1. The molecule has 0 aliphatic rings. The molecular weight excluding hydrogens is 362 g/mol. The van der Waals surface area contributed by atoms with Gasteiger partial charge in [-0.15, -0.1) is 0 Å². The average Bonchev–Trinajstić information content (AvgIpc) is 2.63. The molecule has 27 heavy (non-hydrogen) atoms. The van der Waals surface area contributed by atoms with E-state index in [4.69, 9.17) is 4.74 Å². The van der Waals surface area contributed by atoms with Crippen LogP contribution in [0.3, 0.4) is 0 Å². The number of sulfone groups is 1. The van der Waals surface area contributed by atoms with Crippen molar-refractivity contribution >= 4 is 21.4 Å². The van der Waals surface area contributed by atoms with Crippen LogP contribution in [0, 0.1) is 13.8 Å². The Hall–Kier alpha value is -2.18. The van der Waals surface area contributed by atoms with E-state index in [9.17, 15) is 13.2 Å². The molecule has 2 aromatic rings. The van der Waals surface area contributed by atoms with Crippen LogP contribution >= 0.6 is 0 Å². The van der Waals surface area contributed by atoms with Crippen molar-refractivity contribution in [2.45, 2.75) is 38.6 Å². The molecule has 0 aliphatic heterocycles. The predicted molar refractivity (Wildman–Crippen MR) is 108 cm³/mol. The van der Waals surface area contributed by atoms with Gasteiger partial charge in [-0.1, -0.05) is 12.1 Å². The topological polar surface area (TPSA) is 63.7 Å². The lowest BCUT2D eigenvalue weighted by Gasteiger charge is -2.29. The van der Waals surface area contributed by atoms with Crippen LogP contribution in [0.5, 0.6) is 0 Å². The van der Waals surface area contributed by atoms with E-state index in [0.29, 0.717) is 5.56 Å². The first kappa shape index (κ1) is 21.1. The summed E-state index contributed by atoms with van der Waals surface area (Å²) in [6.07, 6.45) is 0. The molecule has 0 atom stereocenters. The second-order valence-electron chi connectivity index (χ2n) is 6.89. The summed E-state index contributed by atoms with van der Waals surface area (Å²) in [6.45, 7) is 8.03. The fraction of sp³-hybridized carbons (Fsp3) is 0.381. The van der Waals surface area contributed by atoms with Gasteiger partial charge in [-0.3, -0.25) is 4.79 Å². The molecule has 6 heteroatoms. The molecule has 0 aromatic heterocycles. The van der Waals surface area contributed by atoms with Crippen LogP contribution in [0.4, 0.5) is 5.69 Å². The Balaban J connectivity index is 2.36. The van der Waals surface area contributed by atoms with E-state index in [2.05, 4.69) is 0 Å². The third-order valence-electron chi connectivity index (χ3n) is 4.38. The standard InChI is InChI=1S/C21H27NO4S/c1-15(2)22(20-14-16(3)6-7-17(20)4)21(23)18-8-10-19(11-9-18)27(24,25)13-12-26-5/h6-11,14-15H,12-13H2,1-5H3. The zero-order valence-electron chi connectivity index (χ0n) is 16.5. The van der Waals surface area contributed by atoms with Crippen LogP contribution in [0.2, 0.25) is 0 Å². The number of ether oxygens (including phenoxy) is 1. The Morgan fingerprint density at radius 2 is 1.70 bits per heavy atom. The highest BCUT2D eigenvalue weighted by molar-refractivity contribution is 7.91. The van der Waals surface area contributed by atoms with Crippen molar-refractivity contribution in [2.75, 3.05) is 24.4 Å². The van der Waals surface area contributed by atoms with Crippen molar-refractivity contribution in [3.05, 3.63) is 59.2 Å². The van der Waals surface area contributed by atoms with Gasteiger partial charge in [0.2, 0.25) is 0 Å². The number of rotatable bonds is 7. The van der Waals surface area contributed by atoms with Gasteiger partial charge in [-0.05, 0) is 69.2 Å². The maximum atomic E-state index is 13.1. The van der Waals surface area contributed by atoms with Crippen molar-refractivity contribution in [1.29, 1.82) is 0 Å². The monoisotopic (exact) mass is 389 g/mol. The highest BCUT2D eigenvalue weighted by atomic mass is 32.2. The van der Waals surface area contributed by atoms with E-state index in [0.717, 1.165) is 16.8 Å². The minimum absolute atomic E-state index is 0.0388. The van der Waals surface area contributed by atoms with Crippen molar-refractivity contribution in [1.82, 2.24) is 0 Å². The quantitative estimate of drug-likeness (QED) is 0.723. The van der Waals surface area contributed by atoms with E-state index in [1.54, 1.807) is 17.0 Å². The third-order valence-corrected chi connectivity index (χ3v) is 6.07. The Morgan fingerprint density at radius 1 is 1.07 bits per heavy atom. The molecule has 0 unspecified atom stereocenters. The maximum absolute atomic E-state index is 13.1. The Bertz CT molecular complexity index is 902. The van der Waals surface area contributed by atoms with E-state index in [1.807, 2.05) is 45.9 Å². The predicted octanol–water partition coefficient (Wildman–Crippen LogP) is 3.78. The van der Waals surface area contributed by atoms with Gasteiger partial charge in [-0.25, -0.2) is 8.42 Å². The lowest BCUT2D eigenvalue weighted by atomic mass is 10.1. The molecule has 0 fully saturated rings. The Kier molecular flexibility index (Phi) is 6.78. The molecule has 0 N–H and O–H groups in total. The summed E-state index contributed by atoms with van der Waals surface area (Å²) in [5.74, 6) is -0.239. The van der Waals surface area contributed by atoms with Crippen LogP contribution in [-0.4, -0.2) is 39.8 Å². The van der Waals surface area contributed by atoms with E-state index >= 15 is 0 Å². The van der Waals surface area contributed by atoms with Gasteiger partial charge in [0.25, 0.3) is 5.91 Å². The molecule has 0 radical (unpaired) electrons. The van der Waals surface area contributed by atoms with Crippen LogP contribution in [0.15, 0.2) is 47.4 Å². The largest absolute Gasteiger partial charge is 0.384 e. The molecule has 0 aliphatic carbocycles. The fourth-order valence-electron chi connectivity index (χ4n) is 2.86. The molecule has 0 bridgehead atoms. The van der Waals surface area contributed by atoms with E-state index < -0.39 is 9.84 Å². The molecule has 2 aromatic carbocycles. The molecule has 1 amide bonds. The van der Waals surface area contributed by atoms with Gasteiger partial charge >= 0.3 is 0 Å². The summed E-state index contributed by atoms with van der Waals surface area (Å²) in [7, 11) is -1.95. The van der Waals surface area contributed by atoms with Crippen molar-refractivity contribution < 1.29 is 17.9 Å². The Morgan fingerprint density at radius 3 is 2.26 bits per heavy atom. The summed E-state index contributed by atoms with van der Waals surface area (Å²) in [6, 6.07) is 12.1. The minimum atomic E-state index is -3.42. The first-order valence-corrected chi connectivity index (χ1v) is 10.5. The number of carbonyl (C=O) groups excluding carboxylic acids is 1. The molecule has 146 valence electrons. The van der Waals surface area contributed by atoms with E-state index in [-0.39, 0.29) is 29.2 Å². The lowest BCUT2D eigenvalue weighted by Crippen LogP contribution is -2.37. The number of carbonyl (C=O) groups is 1. The summed E-state index contributed by atoms with van der Waals surface area (Å²) in [4.78, 5) is 15.1. The first-order chi connectivity index (χ1) is 12.7. The molecular formula is C21H27NO4S. The molecule has 0 spiro atoms. The zero-order valence-corrected chi connectivity index (χ0v) is 17.3. The summed E-state index contributed by atoms with van der Waals surface area (Å²) >= 11 is 0. The van der Waals surface area contributed by atoms with E-state index in [1.165, 1.54) is 19.2 Å². The van der Waals surface area contributed by atoms with Gasteiger partial charge in [0.15, 0.2) is 9.84 Å². The highest BCUT2D eigenvalue weighted by Crippen LogP contribution is 2.26. The van der Waals surface area contributed by atoms with Crippen LogP contribution < -0.4 is 4.90 Å². The number of aryl methyl sites for hydroxylation is 2. The third kappa shape index (κ3) is 4.96. The number of hydrogen-bond donors (Lipinski definition) is 0. The first-order valence-electron chi connectivity index (χ1n) is 8.90. The van der Waals surface area contributed by atoms with Crippen molar-refractivity contribution in [2.24, 2.45) is 0 Å². The second kappa shape index (κ2) is 8.67.